The van der Waals surface area contributed by atoms with Crippen LogP contribution in [0.25, 0.3) is 0 Å². The van der Waals surface area contributed by atoms with E-state index >= 15 is 0 Å². The Balaban J connectivity index is 2.77. The second-order valence-corrected chi connectivity index (χ2v) is 2.94. The van der Waals surface area contributed by atoms with Gasteiger partial charge in [-0.1, -0.05) is 30.3 Å². The summed E-state index contributed by atoms with van der Waals surface area (Å²) in [5.74, 6) is -2.87. The van der Waals surface area contributed by atoms with E-state index < -0.39 is 17.6 Å². The number of ether oxygens (including phenoxy) is 1. The molecule has 0 saturated carbocycles. The Hall–Kier alpha value is -1.97. The third-order valence-corrected chi connectivity index (χ3v) is 1.79. The zero-order valence-electron chi connectivity index (χ0n) is 8.77. The van der Waals surface area contributed by atoms with Crippen LogP contribution in [0, 0.1) is 0 Å². The summed E-state index contributed by atoms with van der Waals surface area (Å²) in [4.78, 5) is 22.3. The zero-order chi connectivity index (χ0) is 12.0. The van der Waals surface area contributed by atoms with Crippen LogP contribution < -0.4 is 0 Å². The summed E-state index contributed by atoms with van der Waals surface area (Å²) in [6.45, 7) is 1.63. The first-order chi connectivity index (χ1) is 7.65. The van der Waals surface area contributed by atoms with Gasteiger partial charge in [-0.3, -0.25) is 4.79 Å². The lowest BCUT2D eigenvalue weighted by Gasteiger charge is -1.98. The van der Waals surface area contributed by atoms with Crippen LogP contribution in [0.1, 0.15) is 17.3 Å². The van der Waals surface area contributed by atoms with Crippen molar-refractivity contribution in [3.8, 4) is 0 Å². The Morgan fingerprint density at radius 1 is 1.31 bits per heavy atom. The van der Waals surface area contributed by atoms with E-state index in [0.717, 1.165) is 0 Å². The van der Waals surface area contributed by atoms with Crippen LogP contribution in [0.15, 0.2) is 42.2 Å². The molecule has 0 amide bonds. The van der Waals surface area contributed by atoms with Crippen molar-refractivity contribution in [2.75, 3.05) is 6.61 Å². The van der Waals surface area contributed by atoms with Crippen molar-refractivity contribution in [2.24, 2.45) is 0 Å². The standard InChI is InChI=1S/C12H11FO3/c1-2-16-12(15)10(13)8-11(14)9-6-4-3-5-7-9/h3-8H,2H2,1H3/b10-8-. The van der Waals surface area contributed by atoms with Crippen LogP contribution in [0.3, 0.4) is 0 Å². The van der Waals surface area contributed by atoms with E-state index in [2.05, 4.69) is 4.74 Å². The molecule has 0 aliphatic rings. The number of hydrogen-bond acceptors (Lipinski definition) is 3. The van der Waals surface area contributed by atoms with E-state index in [1.54, 1.807) is 25.1 Å². The van der Waals surface area contributed by atoms with Gasteiger partial charge in [0.05, 0.1) is 6.61 Å². The predicted molar refractivity (Wildman–Crippen MR) is 56.6 cm³/mol. The fraction of sp³-hybridized carbons (Fsp3) is 0.167. The predicted octanol–water partition coefficient (Wildman–Crippen LogP) is 2.29. The highest BCUT2D eigenvalue weighted by Gasteiger charge is 2.12. The molecule has 0 N–H and O–H groups in total. The molecule has 0 radical (unpaired) electrons. The van der Waals surface area contributed by atoms with Gasteiger partial charge in [-0.25, -0.2) is 4.79 Å². The number of carbonyl (C=O) groups is 2. The number of halogens is 1. The lowest BCUT2D eigenvalue weighted by molar-refractivity contribution is -0.140. The molecule has 0 atom stereocenters. The van der Waals surface area contributed by atoms with Crippen molar-refractivity contribution in [1.82, 2.24) is 0 Å². The van der Waals surface area contributed by atoms with Gasteiger partial charge in [-0.2, -0.15) is 4.39 Å². The van der Waals surface area contributed by atoms with E-state index in [4.69, 9.17) is 0 Å². The molecule has 1 aromatic carbocycles. The Bertz CT molecular complexity index is 410. The molecule has 0 aromatic heterocycles. The van der Waals surface area contributed by atoms with Gasteiger partial charge < -0.3 is 4.74 Å². The van der Waals surface area contributed by atoms with Crippen LogP contribution in [-0.2, 0) is 9.53 Å². The average Bonchev–Trinajstić information content (AvgIpc) is 2.30. The first-order valence-corrected chi connectivity index (χ1v) is 4.79. The number of hydrogen-bond donors (Lipinski definition) is 0. The molecule has 0 heterocycles. The zero-order valence-corrected chi connectivity index (χ0v) is 8.77. The minimum absolute atomic E-state index is 0.0691. The maximum Gasteiger partial charge on any atom is 0.367 e. The minimum atomic E-state index is -1.18. The highest BCUT2D eigenvalue weighted by atomic mass is 19.1. The molecule has 4 heteroatoms. The van der Waals surface area contributed by atoms with Crippen LogP contribution in [0.2, 0.25) is 0 Å². The van der Waals surface area contributed by atoms with E-state index in [-0.39, 0.29) is 6.61 Å². The summed E-state index contributed by atoms with van der Waals surface area (Å²) in [7, 11) is 0. The van der Waals surface area contributed by atoms with Gasteiger partial charge in [0.1, 0.15) is 0 Å². The molecular formula is C12H11FO3. The molecular weight excluding hydrogens is 211 g/mol. The van der Waals surface area contributed by atoms with Gasteiger partial charge in [0, 0.05) is 11.6 Å². The molecule has 0 spiro atoms. The second-order valence-electron chi connectivity index (χ2n) is 2.94. The lowest BCUT2D eigenvalue weighted by Crippen LogP contribution is -2.06. The summed E-state index contributed by atoms with van der Waals surface area (Å²) in [6, 6.07) is 8.13. The molecule has 1 aromatic rings. The van der Waals surface area contributed by atoms with E-state index in [9.17, 15) is 14.0 Å². The topological polar surface area (TPSA) is 43.4 Å². The number of benzene rings is 1. The van der Waals surface area contributed by atoms with Crippen LogP contribution >= 0.6 is 0 Å². The van der Waals surface area contributed by atoms with Crippen molar-refractivity contribution in [3.05, 3.63) is 47.8 Å². The molecule has 3 nitrogen and oxygen atoms in total. The van der Waals surface area contributed by atoms with E-state index in [1.807, 2.05) is 0 Å². The fourth-order valence-electron chi connectivity index (χ4n) is 1.06. The van der Waals surface area contributed by atoms with E-state index in [0.29, 0.717) is 11.6 Å². The summed E-state index contributed by atoms with van der Waals surface area (Å²) in [5.41, 5.74) is 0.321. The molecule has 16 heavy (non-hydrogen) atoms. The molecule has 0 fully saturated rings. The molecule has 0 unspecified atom stereocenters. The Labute approximate surface area is 92.5 Å². The average molecular weight is 222 g/mol. The van der Waals surface area contributed by atoms with Crippen LogP contribution in [0.4, 0.5) is 4.39 Å². The highest BCUT2D eigenvalue weighted by Crippen LogP contribution is 2.06. The molecule has 0 bridgehead atoms. The first-order valence-electron chi connectivity index (χ1n) is 4.79. The quantitative estimate of drug-likeness (QED) is 0.446. The SMILES string of the molecule is CCOC(=O)/C(F)=C/C(=O)c1ccccc1. The van der Waals surface area contributed by atoms with Crippen LogP contribution in [0.5, 0.6) is 0 Å². The van der Waals surface area contributed by atoms with Crippen molar-refractivity contribution in [1.29, 1.82) is 0 Å². The normalized spacial score (nSPS) is 11.0. The Morgan fingerprint density at radius 2 is 1.94 bits per heavy atom. The van der Waals surface area contributed by atoms with Crippen molar-refractivity contribution >= 4 is 11.8 Å². The lowest BCUT2D eigenvalue weighted by atomic mass is 10.1. The Kier molecular flexibility index (Phi) is 4.39. The largest absolute Gasteiger partial charge is 0.461 e. The van der Waals surface area contributed by atoms with E-state index in [1.165, 1.54) is 12.1 Å². The maximum absolute atomic E-state index is 13.1. The smallest absolute Gasteiger partial charge is 0.367 e. The number of esters is 1. The second kappa shape index (κ2) is 5.80. The highest BCUT2D eigenvalue weighted by molar-refractivity contribution is 6.07. The third kappa shape index (κ3) is 3.31. The fourth-order valence-corrected chi connectivity index (χ4v) is 1.06. The first kappa shape index (κ1) is 12.1. The molecule has 0 aliphatic carbocycles. The number of ketones is 1. The minimum Gasteiger partial charge on any atom is -0.461 e. The van der Waals surface area contributed by atoms with Gasteiger partial charge in [0.25, 0.3) is 0 Å². The number of rotatable bonds is 4. The van der Waals surface area contributed by atoms with Gasteiger partial charge in [-0.15, -0.1) is 0 Å². The summed E-state index contributed by atoms with van der Waals surface area (Å²) < 4.78 is 17.5. The molecule has 0 aliphatic heterocycles. The van der Waals surface area contributed by atoms with Gasteiger partial charge >= 0.3 is 5.97 Å². The van der Waals surface area contributed by atoms with Crippen molar-refractivity contribution in [2.45, 2.75) is 6.92 Å². The number of allylic oxidation sites excluding steroid dienone is 1. The van der Waals surface area contributed by atoms with Crippen LogP contribution in [-0.4, -0.2) is 18.4 Å². The van der Waals surface area contributed by atoms with Gasteiger partial charge in [0.15, 0.2) is 5.78 Å². The summed E-state index contributed by atoms with van der Waals surface area (Å²) >= 11 is 0. The third-order valence-electron chi connectivity index (χ3n) is 1.79. The monoisotopic (exact) mass is 222 g/mol. The summed E-state index contributed by atoms with van der Waals surface area (Å²) in [5, 5.41) is 0. The molecule has 1 rings (SSSR count). The van der Waals surface area contributed by atoms with Gasteiger partial charge in [0.2, 0.25) is 5.83 Å². The number of carbonyl (C=O) groups excluding carboxylic acids is 2. The summed E-state index contributed by atoms with van der Waals surface area (Å²) in [6.07, 6.45) is 0.632. The maximum atomic E-state index is 13.1. The van der Waals surface area contributed by atoms with Crippen molar-refractivity contribution < 1.29 is 18.7 Å². The molecule has 0 saturated heterocycles. The molecule has 84 valence electrons. The van der Waals surface area contributed by atoms with Gasteiger partial charge in [-0.05, 0) is 6.92 Å². The Morgan fingerprint density at radius 3 is 2.50 bits per heavy atom. The van der Waals surface area contributed by atoms with Crippen molar-refractivity contribution in [3.63, 3.8) is 0 Å².